The van der Waals surface area contributed by atoms with Gasteiger partial charge in [0.25, 0.3) is 0 Å². The van der Waals surface area contributed by atoms with Gasteiger partial charge < -0.3 is 4.42 Å². The van der Waals surface area contributed by atoms with Crippen LogP contribution in [0.15, 0.2) is 174 Å². The van der Waals surface area contributed by atoms with Gasteiger partial charge in [-0.2, -0.15) is 0 Å². The van der Waals surface area contributed by atoms with Crippen LogP contribution in [0.2, 0.25) is 0 Å². The van der Waals surface area contributed by atoms with Gasteiger partial charge in [0.15, 0.2) is 0 Å². The Morgan fingerprint density at radius 2 is 0.822 bits per heavy atom. The Hall–Kier alpha value is -5.92. The van der Waals surface area contributed by atoms with E-state index in [1.165, 1.54) is 0 Å². The van der Waals surface area contributed by atoms with Crippen LogP contribution in [0.4, 0.5) is 0 Å². The summed E-state index contributed by atoms with van der Waals surface area (Å²) in [4.78, 5) is 0. The van der Waals surface area contributed by atoms with Crippen molar-refractivity contribution in [2.75, 3.05) is 0 Å². The topological polar surface area (TPSA) is 13.1 Å². The molecular formula is C44H28O. The molecule has 1 aromatic heterocycles. The zero-order chi connectivity index (χ0) is 33.2. The number of hydrogen-bond donors (Lipinski definition) is 0. The fourth-order valence-corrected chi connectivity index (χ4v) is 6.79. The number of rotatable bonds is 4. The first kappa shape index (κ1) is 21.7. The van der Waals surface area contributed by atoms with Crippen molar-refractivity contribution < 1.29 is 9.90 Å². The molecule has 0 saturated carbocycles. The quantitative estimate of drug-likeness (QED) is 0.190. The molecule has 8 aromatic carbocycles. The molecule has 45 heavy (non-hydrogen) atoms. The van der Waals surface area contributed by atoms with Crippen molar-refractivity contribution >= 4 is 43.5 Å². The first-order valence-electron chi connectivity index (χ1n) is 17.1. The molecule has 0 atom stereocenters. The average Bonchev–Trinajstić information content (AvgIpc) is 3.54. The minimum absolute atomic E-state index is 0.0754. The van der Waals surface area contributed by atoms with Crippen molar-refractivity contribution in [2.24, 2.45) is 0 Å². The molecule has 210 valence electrons. The molecule has 0 N–H and O–H groups in total. The molecule has 0 aliphatic rings. The highest BCUT2D eigenvalue weighted by molar-refractivity contribution is 6.21. The number of fused-ring (bicyclic) bond motifs is 5. The molecule has 9 rings (SSSR count). The number of para-hydroxylation sites is 1. The summed E-state index contributed by atoms with van der Waals surface area (Å²) in [5.74, 6) is 0. The van der Waals surface area contributed by atoms with Crippen molar-refractivity contribution in [3.05, 3.63) is 170 Å². The lowest BCUT2D eigenvalue weighted by Gasteiger charge is -2.18. The van der Waals surface area contributed by atoms with E-state index in [9.17, 15) is 5.48 Å². The van der Waals surface area contributed by atoms with Crippen molar-refractivity contribution in [1.29, 1.82) is 0 Å². The Labute approximate surface area is 267 Å². The second-order valence-electron chi connectivity index (χ2n) is 11.3. The van der Waals surface area contributed by atoms with Crippen LogP contribution in [-0.4, -0.2) is 0 Å². The lowest BCUT2D eigenvalue weighted by molar-refractivity contribution is 0.670. The van der Waals surface area contributed by atoms with Gasteiger partial charge in [0.1, 0.15) is 11.2 Å². The normalized spacial score (nSPS) is 12.8. The maximum Gasteiger partial charge on any atom is 0.143 e. The Kier molecular flexibility index (Phi) is 5.00. The molecule has 9 aromatic rings. The smallest absolute Gasteiger partial charge is 0.143 e. The maximum atomic E-state index is 9.49. The van der Waals surface area contributed by atoms with E-state index >= 15 is 0 Å². The van der Waals surface area contributed by atoms with E-state index in [-0.39, 0.29) is 29.7 Å². The van der Waals surface area contributed by atoms with Crippen LogP contribution in [0.3, 0.4) is 0 Å². The SMILES string of the molecule is [2H]c1c([2H])c(-c2cccc3oc4c(-c5ccccc5)cccc4c23)c([2H])c([2H])c1-c1c2ccccc2c(-c2ccccc2)c2ccccc12. The number of benzene rings is 8. The zero-order valence-corrected chi connectivity index (χ0v) is 24.3. The first-order chi connectivity index (χ1) is 24.0. The second kappa shape index (κ2) is 10.4. The Balaban J connectivity index is 1.34. The van der Waals surface area contributed by atoms with Crippen LogP contribution in [0.25, 0.3) is 88.0 Å². The summed E-state index contributed by atoms with van der Waals surface area (Å²) < 4.78 is 44.3. The lowest BCUT2D eigenvalue weighted by Crippen LogP contribution is -1.90. The van der Waals surface area contributed by atoms with Crippen molar-refractivity contribution in [3.63, 3.8) is 0 Å². The summed E-state index contributed by atoms with van der Waals surface area (Å²) in [5, 5.41) is 5.38. The summed E-state index contributed by atoms with van der Waals surface area (Å²) in [6, 6.07) is 47.8. The van der Waals surface area contributed by atoms with Crippen molar-refractivity contribution in [2.45, 2.75) is 0 Å². The summed E-state index contributed by atoms with van der Waals surface area (Å²) in [5.41, 5.74) is 7.35. The Morgan fingerprint density at radius 3 is 1.44 bits per heavy atom. The van der Waals surface area contributed by atoms with E-state index in [0.717, 1.165) is 60.2 Å². The van der Waals surface area contributed by atoms with Crippen LogP contribution in [0.5, 0.6) is 0 Å². The molecule has 0 aliphatic heterocycles. The van der Waals surface area contributed by atoms with Gasteiger partial charge in [-0.05, 0) is 66.6 Å². The van der Waals surface area contributed by atoms with Gasteiger partial charge in [-0.15, -0.1) is 0 Å². The minimum Gasteiger partial charge on any atom is -0.455 e. The fraction of sp³-hybridized carbons (Fsp3) is 0. The number of hydrogen-bond acceptors (Lipinski definition) is 1. The van der Waals surface area contributed by atoms with Gasteiger partial charge in [0, 0.05) is 16.3 Å². The summed E-state index contributed by atoms with van der Waals surface area (Å²) in [6.45, 7) is 0. The highest BCUT2D eigenvalue weighted by Crippen LogP contribution is 2.45. The van der Waals surface area contributed by atoms with Gasteiger partial charge in [0.05, 0.1) is 5.48 Å². The van der Waals surface area contributed by atoms with Gasteiger partial charge in [0.2, 0.25) is 0 Å². The fourth-order valence-electron chi connectivity index (χ4n) is 6.79. The molecule has 1 heteroatoms. The predicted octanol–water partition coefficient (Wildman–Crippen LogP) is 12.6. The number of furan rings is 1. The molecule has 0 spiro atoms. The van der Waals surface area contributed by atoms with Gasteiger partial charge >= 0.3 is 0 Å². The molecule has 1 nitrogen and oxygen atoms in total. The summed E-state index contributed by atoms with van der Waals surface area (Å²) in [6.07, 6.45) is 0. The monoisotopic (exact) mass is 576 g/mol. The highest BCUT2D eigenvalue weighted by Gasteiger charge is 2.18. The molecule has 0 unspecified atom stereocenters. The minimum atomic E-state index is -0.0858. The molecule has 1 heterocycles. The third-order valence-corrected chi connectivity index (χ3v) is 8.75. The largest absolute Gasteiger partial charge is 0.455 e. The molecule has 0 fully saturated rings. The van der Waals surface area contributed by atoms with Crippen LogP contribution >= 0.6 is 0 Å². The Bertz CT molecular complexity index is 2660. The van der Waals surface area contributed by atoms with Gasteiger partial charge in [-0.3, -0.25) is 0 Å². The molecular weight excluding hydrogens is 544 g/mol. The third-order valence-electron chi connectivity index (χ3n) is 8.75. The van der Waals surface area contributed by atoms with Crippen LogP contribution in [0.1, 0.15) is 5.48 Å². The molecule has 0 radical (unpaired) electrons. The predicted molar refractivity (Wildman–Crippen MR) is 190 cm³/mol. The molecule has 0 bridgehead atoms. The summed E-state index contributed by atoms with van der Waals surface area (Å²) in [7, 11) is 0. The Morgan fingerprint density at radius 1 is 0.356 bits per heavy atom. The van der Waals surface area contributed by atoms with E-state index in [1.54, 1.807) is 0 Å². The van der Waals surface area contributed by atoms with Crippen LogP contribution in [0, 0.1) is 0 Å². The average molecular weight is 577 g/mol. The van der Waals surface area contributed by atoms with Crippen LogP contribution < -0.4 is 0 Å². The molecule has 0 saturated heterocycles. The van der Waals surface area contributed by atoms with Gasteiger partial charge in [-0.25, -0.2) is 0 Å². The second-order valence-corrected chi connectivity index (χ2v) is 11.3. The maximum absolute atomic E-state index is 9.49. The highest BCUT2D eigenvalue weighted by atomic mass is 16.3. The standard InChI is InChI=1S/C44H28O/c1-3-13-29(14-4-1)34-22-11-23-39-43-33(21-12-24-40(43)45-44(34)39)30-25-27-32(28-26-30)42-37-19-9-7-17-35(37)41(31-15-5-2-6-16-31)36-18-8-10-20-38(36)42/h1-28H/i25D,26D,27D,28D. The van der Waals surface area contributed by atoms with E-state index in [2.05, 4.69) is 24.3 Å². The van der Waals surface area contributed by atoms with Crippen molar-refractivity contribution in [1.82, 2.24) is 0 Å². The van der Waals surface area contributed by atoms with Crippen molar-refractivity contribution in [3.8, 4) is 44.5 Å². The zero-order valence-electron chi connectivity index (χ0n) is 28.3. The van der Waals surface area contributed by atoms with E-state index in [1.807, 2.05) is 121 Å². The van der Waals surface area contributed by atoms with E-state index in [0.29, 0.717) is 22.3 Å². The molecule has 0 amide bonds. The first-order valence-corrected chi connectivity index (χ1v) is 15.1. The van der Waals surface area contributed by atoms with Crippen LogP contribution in [-0.2, 0) is 0 Å². The van der Waals surface area contributed by atoms with E-state index in [4.69, 9.17) is 4.42 Å². The van der Waals surface area contributed by atoms with Gasteiger partial charge in [-0.1, -0.05) is 164 Å². The summed E-state index contributed by atoms with van der Waals surface area (Å²) >= 11 is 0. The van der Waals surface area contributed by atoms with E-state index < -0.39 is 0 Å². The lowest BCUT2D eigenvalue weighted by atomic mass is 9.85. The molecule has 0 aliphatic carbocycles. The third kappa shape index (κ3) is 4.09.